The number of carbonyl (C=O) groups excluding carboxylic acids is 1. The Hall–Kier alpha value is -1.70. The SMILES string of the molecule is COCC(O)CN(C)C(=O)c1cc([N+](=O)[O-])ccc1Cl. The highest BCUT2D eigenvalue weighted by Gasteiger charge is 2.20. The maximum atomic E-state index is 12.1. The highest BCUT2D eigenvalue weighted by molar-refractivity contribution is 6.33. The highest BCUT2D eigenvalue weighted by atomic mass is 35.5. The van der Waals surface area contributed by atoms with E-state index in [4.69, 9.17) is 16.3 Å². The topological polar surface area (TPSA) is 92.9 Å². The monoisotopic (exact) mass is 302 g/mol. The van der Waals surface area contributed by atoms with E-state index in [9.17, 15) is 20.0 Å². The molecule has 8 heteroatoms. The van der Waals surface area contributed by atoms with Crippen molar-refractivity contribution in [3.8, 4) is 0 Å². The Bertz CT molecular complexity index is 509. The molecule has 1 unspecified atom stereocenters. The first-order valence-corrected chi connectivity index (χ1v) is 6.11. The molecule has 20 heavy (non-hydrogen) atoms. The number of nitrogens with zero attached hydrogens (tertiary/aromatic N) is 2. The number of likely N-dealkylation sites (N-methyl/N-ethyl adjacent to an activating group) is 1. The van der Waals surface area contributed by atoms with Crippen molar-refractivity contribution < 1.29 is 19.6 Å². The molecule has 1 rings (SSSR count). The van der Waals surface area contributed by atoms with Gasteiger partial charge < -0.3 is 14.7 Å². The minimum Gasteiger partial charge on any atom is -0.389 e. The third-order valence-electron chi connectivity index (χ3n) is 2.58. The summed E-state index contributed by atoms with van der Waals surface area (Å²) in [6.45, 7) is 0.117. The van der Waals surface area contributed by atoms with Crippen molar-refractivity contribution in [2.75, 3.05) is 27.3 Å². The average molecular weight is 303 g/mol. The second kappa shape index (κ2) is 7.18. The van der Waals surface area contributed by atoms with Gasteiger partial charge in [-0.15, -0.1) is 0 Å². The van der Waals surface area contributed by atoms with Gasteiger partial charge in [0, 0.05) is 32.8 Å². The second-order valence-corrected chi connectivity index (χ2v) is 4.62. The quantitative estimate of drug-likeness (QED) is 0.632. The number of nitro benzene ring substituents is 1. The lowest BCUT2D eigenvalue weighted by Gasteiger charge is -2.20. The molecule has 0 aliphatic heterocycles. The molecule has 110 valence electrons. The third-order valence-corrected chi connectivity index (χ3v) is 2.91. The van der Waals surface area contributed by atoms with Gasteiger partial charge in [-0.2, -0.15) is 0 Å². The molecule has 1 amide bonds. The second-order valence-electron chi connectivity index (χ2n) is 4.22. The molecule has 1 atom stereocenters. The standard InChI is InChI=1S/C12H15ClN2O5/c1-14(6-9(16)7-20-2)12(17)10-5-8(15(18)19)3-4-11(10)13/h3-5,9,16H,6-7H2,1-2H3. The fraction of sp³-hybridized carbons (Fsp3) is 0.417. The zero-order chi connectivity index (χ0) is 15.3. The van der Waals surface area contributed by atoms with Gasteiger partial charge >= 0.3 is 0 Å². The van der Waals surface area contributed by atoms with Crippen molar-refractivity contribution >= 4 is 23.2 Å². The van der Waals surface area contributed by atoms with Gasteiger partial charge in [-0.1, -0.05) is 11.6 Å². The summed E-state index contributed by atoms with van der Waals surface area (Å²) < 4.78 is 4.76. The number of aliphatic hydroxyl groups excluding tert-OH is 1. The largest absolute Gasteiger partial charge is 0.389 e. The van der Waals surface area contributed by atoms with Crippen LogP contribution in [0.15, 0.2) is 18.2 Å². The number of benzene rings is 1. The minimum atomic E-state index is -0.841. The zero-order valence-corrected chi connectivity index (χ0v) is 11.8. The van der Waals surface area contributed by atoms with E-state index in [2.05, 4.69) is 0 Å². The van der Waals surface area contributed by atoms with Crippen LogP contribution in [0.2, 0.25) is 5.02 Å². The van der Waals surface area contributed by atoms with Gasteiger partial charge in [0.2, 0.25) is 0 Å². The van der Waals surface area contributed by atoms with Gasteiger partial charge in [-0.3, -0.25) is 14.9 Å². The Labute approximate surface area is 120 Å². The molecule has 0 spiro atoms. The molecule has 0 fully saturated rings. The molecule has 0 saturated heterocycles. The van der Waals surface area contributed by atoms with Gasteiger partial charge in [0.05, 0.1) is 28.2 Å². The Kier molecular flexibility index (Phi) is 5.87. The number of non-ortho nitro benzene ring substituents is 1. The summed E-state index contributed by atoms with van der Waals surface area (Å²) in [4.78, 5) is 23.5. The maximum Gasteiger partial charge on any atom is 0.270 e. The molecule has 0 aromatic heterocycles. The van der Waals surface area contributed by atoms with Gasteiger partial charge in [-0.05, 0) is 6.07 Å². The summed E-state index contributed by atoms with van der Waals surface area (Å²) in [5.41, 5.74) is -0.198. The first-order chi connectivity index (χ1) is 9.36. The van der Waals surface area contributed by atoms with Crippen LogP contribution in [-0.4, -0.2) is 54.3 Å². The number of ether oxygens (including phenoxy) is 1. The molecule has 7 nitrogen and oxygen atoms in total. The first-order valence-electron chi connectivity index (χ1n) is 5.73. The predicted molar refractivity (Wildman–Crippen MR) is 72.9 cm³/mol. The minimum absolute atomic E-state index is 0.0213. The molecule has 0 aliphatic carbocycles. The molecule has 0 radical (unpaired) electrons. The molecule has 0 heterocycles. The number of nitro groups is 1. The van der Waals surface area contributed by atoms with E-state index in [1.807, 2.05) is 0 Å². The van der Waals surface area contributed by atoms with Crippen LogP contribution in [0.25, 0.3) is 0 Å². The smallest absolute Gasteiger partial charge is 0.270 e. The number of rotatable bonds is 6. The van der Waals surface area contributed by atoms with Crippen LogP contribution < -0.4 is 0 Å². The van der Waals surface area contributed by atoms with Crippen LogP contribution in [-0.2, 0) is 4.74 Å². The molecule has 1 aromatic carbocycles. The third kappa shape index (κ3) is 4.16. The van der Waals surface area contributed by atoms with Gasteiger partial charge in [0.1, 0.15) is 0 Å². The van der Waals surface area contributed by atoms with Crippen molar-refractivity contribution in [1.29, 1.82) is 0 Å². The van der Waals surface area contributed by atoms with Gasteiger partial charge in [0.25, 0.3) is 11.6 Å². The van der Waals surface area contributed by atoms with Crippen molar-refractivity contribution in [2.45, 2.75) is 6.10 Å². The van der Waals surface area contributed by atoms with E-state index in [0.29, 0.717) is 0 Å². The highest BCUT2D eigenvalue weighted by Crippen LogP contribution is 2.23. The Morgan fingerprint density at radius 1 is 1.60 bits per heavy atom. The zero-order valence-electron chi connectivity index (χ0n) is 11.1. The lowest BCUT2D eigenvalue weighted by atomic mass is 10.1. The van der Waals surface area contributed by atoms with E-state index in [1.165, 1.54) is 31.2 Å². The van der Waals surface area contributed by atoms with E-state index in [-0.39, 0.29) is 29.4 Å². The number of methoxy groups -OCH3 is 1. The number of amides is 1. The lowest BCUT2D eigenvalue weighted by Crippen LogP contribution is -2.36. The Morgan fingerprint density at radius 2 is 2.25 bits per heavy atom. The van der Waals surface area contributed by atoms with Crippen LogP contribution in [0.1, 0.15) is 10.4 Å². The number of aliphatic hydroxyl groups is 1. The van der Waals surface area contributed by atoms with E-state index < -0.39 is 16.9 Å². The summed E-state index contributed by atoms with van der Waals surface area (Å²) >= 11 is 5.88. The molecule has 0 saturated carbocycles. The van der Waals surface area contributed by atoms with Gasteiger partial charge in [0.15, 0.2) is 0 Å². The first kappa shape index (κ1) is 16.4. The van der Waals surface area contributed by atoms with Crippen LogP contribution >= 0.6 is 11.6 Å². The molecule has 1 N–H and O–H groups in total. The average Bonchev–Trinajstić information content (AvgIpc) is 2.38. The van der Waals surface area contributed by atoms with Crippen molar-refractivity contribution in [3.63, 3.8) is 0 Å². The maximum absolute atomic E-state index is 12.1. The molecule has 1 aromatic rings. The number of carbonyl (C=O) groups is 1. The summed E-state index contributed by atoms with van der Waals surface area (Å²) in [6, 6.07) is 3.63. The number of halogens is 1. The van der Waals surface area contributed by atoms with Crippen LogP contribution in [0.5, 0.6) is 0 Å². The predicted octanol–water partition coefficient (Wildman–Crippen LogP) is 1.33. The summed E-state index contributed by atoms with van der Waals surface area (Å²) in [6.07, 6.45) is -0.841. The summed E-state index contributed by atoms with van der Waals surface area (Å²) in [5.74, 6) is -0.506. The normalized spacial score (nSPS) is 12.0. The van der Waals surface area contributed by atoms with Crippen LogP contribution in [0.3, 0.4) is 0 Å². The lowest BCUT2D eigenvalue weighted by molar-refractivity contribution is -0.384. The van der Waals surface area contributed by atoms with Crippen LogP contribution in [0, 0.1) is 10.1 Å². The van der Waals surface area contributed by atoms with E-state index in [0.717, 1.165) is 6.07 Å². The van der Waals surface area contributed by atoms with Gasteiger partial charge in [-0.25, -0.2) is 0 Å². The number of hydrogen-bond donors (Lipinski definition) is 1. The fourth-order valence-electron chi connectivity index (χ4n) is 1.64. The van der Waals surface area contributed by atoms with E-state index in [1.54, 1.807) is 0 Å². The Morgan fingerprint density at radius 3 is 2.80 bits per heavy atom. The van der Waals surface area contributed by atoms with Crippen molar-refractivity contribution in [2.24, 2.45) is 0 Å². The molecular weight excluding hydrogens is 288 g/mol. The fourth-order valence-corrected chi connectivity index (χ4v) is 1.84. The number of hydrogen-bond acceptors (Lipinski definition) is 5. The summed E-state index contributed by atoms with van der Waals surface area (Å²) in [5, 5.41) is 20.4. The summed E-state index contributed by atoms with van der Waals surface area (Å²) in [7, 11) is 2.90. The molecular formula is C12H15ClN2O5. The molecule has 0 aliphatic rings. The van der Waals surface area contributed by atoms with Crippen molar-refractivity contribution in [1.82, 2.24) is 4.90 Å². The van der Waals surface area contributed by atoms with E-state index >= 15 is 0 Å². The Balaban J connectivity index is 2.90. The molecule has 0 bridgehead atoms. The van der Waals surface area contributed by atoms with Crippen molar-refractivity contribution in [3.05, 3.63) is 38.9 Å². The van der Waals surface area contributed by atoms with Crippen LogP contribution in [0.4, 0.5) is 5.69 Å².